The third-order valence-corrected chi connectivity index (χ3v) is 2.82. The van der Waals surface area contributed by atoms with Gasteiger partial charge in [-0.05, 0) is 45.0 Å². The van der Waals surface area contributed by atoms with Crippen molar-refractivity contribution >= 4 is 0 Å². The SMILES string of the molecule is CNCCc1cccc2c1OC(C)(C)C2. The lowest BCUT2D eigenvalue weighted by Crippen LogP contribution is -2.25. The first-order valence-corrected chi connectivity index (χ1v) is 5.57. The number of rotatable bonds is 3. The summed E-state index contributed by atoms with van der Waals surface area (Å²) in [6.07, 6.45) is 2.06. The third-order valence-electron chi connectivity index (χ3n) is 2.82. The average molecular weight is 205 g/mol. The van der Waals surface area contributed by atoms with Gasteiger partial charge in [-0.3, -0.25) is 0 Å². The fraction of sp³-hybridized carbons (Fsp3) is 0.538. The molecule has 0 fully saturated rings. The van der Waals surface area contributed by atoms with Gasteiger partial charge in [0, 0.05) is 6.42 Å². The van der Waals surface area contributed by atoms with Crippen molar-refractivity contribution in [2.45, 2.75) is 32.3 Å². The normalized spacial score (nSPS) is 17.3. The molecule has 1 aliphatic heterocycles. The lowest BCUT2D eigenvalue weighted by molar-refractivity contribution is 0.137. The van der Waals surface area contributed by atoms with Crippen molar-refractivity contribution in [3.05, 3.63) is 29.3 Å². The monoisotopic (exact) mass is 205 g/mol. The van der Waals surface area contributed by atoms with Gasteiger partial charge in [0.2, 0.25) is 0 Å². The molecule has 15 heavy (non-hydrogen) atoms. The Balaban J connectivity index is 2.25. The van der Waals surface area contributed by atoms with Crippen molar-refractivity contribution in [2.24, 2.45) is 0 Å². The van der Waals surface area contributed by atoms with E-state index in [2.05, 4.69) is 37.4 Å². The molecule has 0 unspecified atom stereocenters. The quantitative estimate of drug-likeness (QED) is 0.816. The molecule has 82 valence electrons. The van der Waals surface area contributed by atoms with E-state index < -0.39 is 0 Å². The first-order valence-electron chi connectivity index (χ1n) is 5.57. The Morgan fingerprint density at radius 3 is 2.93 bits per heavy atom. The van der Waals surface area contributed by atoms with Crippen LogP contribution in [-0.2, 0) is 12.8 Å². The number of ether oxygens (including phenoxy) is 1. The molecule has 2 nitrogen and oxygen atoms in total. The molecule has 2 heteroatoms. The molecule has 0 radical (unpaired) electrons. The van der Waals surface area contributed by atoms with E-state index in [1.54, 1.807) is 0 Å². The lowest BCUT2D eigenvalue weighted by atomic mass is 10.00. The van der Waals surface area contributed by atoms with Crippen molar-refractivity contribution in [2.75, 3.05) is 13.6 Å². The summed E-state index contributed by atoms with van der Waals surface area (Å²) in [5.74, 6) is 1.12. The Kier molecular flexibility index (Phi) is 2.70. The lowest BCUT2D eigenvalue weighted by Gasteiger charge is -2.18. The van der Waals surface area contributed by atoms with Gasteiger partial charge in [0.1, 0.15) is 11.4 Å². The summed E-state index contributed by atoms with van der Waals surface area (Å²) in [6.45, 7) is 5.30. The zero-order valence-electron chi connectivity index (χ0n) is 9.76. The number of fused-ring (bicyclic) bond motifs is 1. The van der Waals surface area contributed by atoms with Gasteiger partial charge < -0.3 is 10.1 Å². The predicted octanol–water partition coefficient (Wildman–Crippen LogP) is 2.16. The molecule has 1 N–H and O–H groups in total. The van der Waals surface area contributed by atoms with Crippen LogP contribution in [0.5, 0.6) is 5.75 Å². The van der Waals surface area contributed by atoms with Gasteiger partial charge in [-0.25, -0.2) is 0 Å². The summed E-state index contributed by atoms with van der Waals surface area (Å²) >= 11 is 0. The zero-order chi connectivity index (χ0) is 10.9. The summed E-state index contributed by atoms with van der Waals surface area (Å²) < 4.78 is 5.99. The summed E-state index contributed by atoms with van der Waals surface area (Å²) in [7, 11) is 1.98. The molecule has 1 aromatic rings. The first kappa shape index (κ1) is 10.5. The van der Waals surface area contributed by atoms with Gasteiger partial charge in [-0.2, -0.15) is 0 Å². The molecule has 1 heterocycles. The number of hydrogen-bond acceptors (Lipinski definition) is 2. The summed E-state index contributed by atoms with van der Waals surface area (Å²) in [6, 6.07) is 6.47. The number of likely N-dealkylation sites (N-methyl/N-ethyl adjacent to an activating group) is 1. The number of hydrogen-bond donors (Lipinski definition) is 1. The minimum atomic E-state index is -0.0297. The highest BCUT2D eigenvalue weighted by Crippen LogP contribution is 2.37. The number of para-hydroxylation sites is 1. The Hall–Kier alpha value is -1.02. The van der Waals surface area contributed by atoms with E-state index in [1.165, 1.54) is 11.1 Å². The van der Waals surface area contributed by atoms with Gasteiger partial charge in [0.25, 0.3) is 0 Å². The van der Waals surface area contributed by atoms with Crippen LogP contribution in [0.15, 0.2) is 18.2 Å². The van der Waals surface area contributed by atoms with Crippen LogP contribution in [0, 0.1) is 0 Å². The molecule has 0 aromatic heterocycles. The molecule has 0 bridgehead atoms. The molecular formula is C13H19NO. The van der Waals surface area contributed by atoms with E-state index in [4.69, 9.17) is 4.74 Å². The summed E-state index contributed by atoms with van der Waals surface area (Å²) in [5.41, 5.74) is 2.65. The highest BCUT2D eigenvalue weighted by atomic mass is 16.5. The smallest absolute Gasteiger partial charge is 0.126 e. The van der Waals surface area contributed by atoms with E-state index in [9.17, 15) is 0 Å². The van der Waals surface area contributed by atoms with Crippen molar-refractivity contribution in [3.63, 3.8) is 0 Å². The first-order chi connectivity index (χ1) is 7.12. The molecule has 0 saturated heterocycles. The van der Waals surface area contributed by atoms with E-state index in [0.717, 1.165) is 25.1 Å². The maximum Gasteiger partial charge on any atom is 0.126 e. The fourth-order valence-corrected chi connectivity index (χ4v) is 2.14. The standard InChI is InChI=1S/C13H19NO/c1-13(2)9-11-6-4-5-10(7-8-14-3)12(11)15-13/h4-6,14H,7-9H2,1-3H3. The molecule has 2 rings (SSSR count). The van der Waals surface area contributed by atoms with E-state index in [0.29, 0.717) is 0 Å². The third kappa shape index (κ3) is 2.15. The van der Waals surface area contributed by atoms with E-state index in [1.807, 2.05) is 7.05 Å². The molecule has 1 aromatic carbocycles. The van der Waals surface area contributed by atoms with Crippen LogP contribution in [0.1, 0.15) is 25.0 Å². The van der Waals surface area contributed by atoms with Crippen molar-refractivity contribution in [1.29, 1.82) is 0 Å². The van der Waals surface area contributed by atoms with E-state index in [-0.39, 0.29) is 5.60 Å². The minimum absolute atomic E-state index is 0.0297. The van der Waals surface area contributed by atoms with Crippen LogP contribution < -0.4 is 10.1 Å². The number of benzene rings is 1. The Labute approximate surface area is 91.6 Å². The second-order valence-corrected chi connectivity index (χ2v) is 4.80. The minimum Gasteiger partial charge on any atom is -0.487 e. The van der Waals surface area contributed by atoms with Crippen LogP contribution in [0.4, 0.5) is 0 Å². The van der Waals surface area contributed by atoms with E-state index >= 15 is 0 Å². The fourth-order valence-electron chi connectivity index (χ4n) is 2.14. The van der Waals surface area contributed by atoms with Crippen molar-refractivity contribution in [3.8, 4) is 5.75 Å². The second kappa shape index (κ2) is 3.86. The molecule has 0 aliphatic carbocycles. The topological polar surface area (TPSA) is 21.3 Å². The molecular weight excluding hydrogens is 186 g/mol. The maximum absolute atomic E-state index is 5.99. The number of nitrogens with one attached hydrogen (secondary N) is 1. The van der Waals surface area contributed by atoms with Crippen LogP contribution >= 0.6 is 0 Å². The maximum atomic E-state index is 5.99. The van der Waals surface area contributed by atoms with Crippen molar-refractivity contribution < 1.29 is 4.74 Å². The Morgan fingerprint density at radius 1 is 1.40 bits per heavy atom. The van der Waals surface area contributed by atoms with Gasteiger partial charge >= 0.3 is 0 Å². The van der Waals surface area contributed by atoms with Crippen LogP contribution in [0.25, 0.3) is 0 Å². The molecule has 1 aliphatic rings. The Morgan fingerprint density at radius 2 is 2.20 bits per heavy atom. The predicted molar refractivity (Wildman–Crippen MR) is 62.5 cm³/mol. The van der Waals surface area contributed by atoms with Crippen LogP contribution in [0.3, 0.4) is 0 Å². The van der Waals surface area contributed by atoms with Crippen LogP contribution in [0.2, 0.25) is 0 Å². The average Bonchev–Trinajstić information content (AvgIpc) is 2.49. The largest absolute Gasteiger partial charge is 0.487 e. The van der Waals surface area contributed by atoms with Gasteiger partial charge in [0.05, 0.1) is 0 Å². The highest BCUT2D eigenvalue weighted by molar-refractivity contribution is 5.45. The summed E-state index contributed by atoms with van der Waals surface area (Å²) in [5, 5.41) is 3.17. The molecule has 0 atom stereocenters. The highest BCUT2D eigenvalue weighted by Gasteiger charge is 2.31. The van der Waals surface area contributed by atoms with Gasteiger partial charge in [0.15, 0.2) is 0 Å². The van der Waals surface area contributed by atoms with Crippen LogP contribution in [-0.4, -0.2) is 19.2 Å². The molecule has 0 amide bonds. The molecule has 0 saturated carbocycles. The van der Waals surface area contributed by atoms with Gasteiger partial charge in [-0.15, -0.1) is 0 Å². The second-order valence-electron chi connectivity index (χ2n) is 4.80. The van der Waals surface area contributed by atoms with Gasteiger partial charge in [-0.1, -0.05) is 18.2 Å². The summed E-state index contributed by atoms with van der Waals surface area (Å²) in [4.78, 5) is 0. The zero-order valence-corrected chi connectivity index (χ0v) is 9.76. The van der Waals surface area contributed by atoms with Crippen molar-refractivity contribution in [1.82, 2.24) is 5.32 Å². The Bertz CT molecular complexity index is 358. The molecule has 0 spiro atoms.